The Morgan fingerprint density at radius 3 is 1.96 bits per heavy atom. The van der Waals surface area contributed by atoms with Crippen LogP contribution < -0.4 is 15.4 Å². The molecule has 0 saturated carbocycles. The van der Waals surface area contributed by atoms with Gasteiger partial charge in [-0.25, -0.2) is 22.3 Å². The summed E-state index contributed by atoms with van der Waals surface area (Å²) in [5, 5.41) is 1.83. The molecule has 0 spiro atoms. The molecule has 0 aromatic heterocycles. The van der Waals surface area contributed by atoms with E-state index >= 15 is 0 Å². The Kier molecular flexibility index (Phi) is 5.32. The average molecular weight is 369 g/mol. The van der Waals surface area contributed by atoms with E-state index in [0.717, 1.165) is 4.31 Å². The average Bonchev–Trinajstić information content (AvgIpc) is 2.58. The minimum absolute atomic E-state index is 0.190. The summed E-state index contributed by atoms with van der Waals surface area (Å²) >= 11 is 3.89. The van der Waals surface area contributed by atoms with Crippen LogP contribution in [0.25, 0.3) is 0 Å². The van der Waals surface area contributed by atoms with Crippen LogP contribution in [0.5, 0.6) is 0 Å². The number of primary amides is 1. The highest BCUT2D eigenvalue weighted by Crippen LogP contribution is 2.18. The number of nitrogens with one attached hydrogen (secondary N) is 1. The van der Waals surface area contributed by atoms with Gasteiger partial charge in [-0.3, -0.25) is 14.9 Å². The standard InChI is InChI=1S/C15H10F3N3O3S/c16-10-5-8(6-11(17)12(10)18)14(23)20-15(24)21(25)9-3-1-7(2-4-9)13(19)22/h1-6,25H,(H2,19,22)(H,20,23,24). The maximum atomic E-state index is 13.1. The first-order valence-corrected chi connectivity index (χ1v) is 6.99. The van der Waals surface area contributed by atoms with Crippen LogP contribution in [0.15, 0.2) is 36.4 Å². The largest absolute Gasteiger partial charge is 0.366 e. The summed E-state index contributed by atoms with van der Waals surface area (Å²) in [6, 6.07) is 5.21. The van der Waals surface area contributed by atoms with E-state index in [1.165, 1.54) is 24.3 Å². The number of carbonyl (C=O) groups excluding carboxylic acids is 3. The number of nitrogens with two attached hydrogens (primary N) is 1. The van der Waals surface area contributed by atoms with Gasteiger partial charge in [-0.15, -0.1) is 0 Å². The van der Waals surface area contributed by atoms with Crippen LogP contribution in [0.1, 0.15) is 20.7 Å². The van der Waals surface area contributed by atoms with Crippen molar-refractivity contribution in [1.29, 1.82) is 0 Å². The van der Waals surface area contributed by atoms with Gasteiger partial charge in [0.05, 0.1) is 5.69 Å². The number of hydrogen-bond acceptors (Lipinski definition) is 4. The van der Waals surface area contributed by atoms with Crippen molar-refractivity contribution in [3.8, 4) is 0 Å². The maximum Gasteiger partial charge on any atom is 0.338 e. The van der Waals surface area contributed by atoms with Crippen LogP contribution in [0.4, 0.5) is 23.7 Å². The number of imide groups is 1. The number of urea groups is 1. The van der Waals surface area contributed by atoms with Gasteiger partial charge in [0.2, 0.25) is 5.91 Å². The number of amides is 4. The molecule has 0 aliphatic heterocycles. The van der Waals surface area contributed by atoms with E-state index in [2.05, 4.69) is 12.8 Å². The first-order chi connectivity index (χ1) is 11.7. The summed E-state index contributed by atoms with van der Waals surface area (Å²) < 4.78 is 39.8. The number of rotatable bonds is 3. The van der Waals surface area contributed by atoms with Crippen LogP contribution in [-0.2, 0) is 0 Å². The molecule has 2 aromatic rings. The highest BCUT2D eigenvalue weighted by atomic mass is 32.1. The molecule has 130 valence electrons. The summed E-state index contributed by atoms with van der Waals surface area (Å²) in [7, 11) is 0. The molecule has 0 aliphatic carbocycles. The molecule has 0 heterocycles. The molecular formula is C15H10F3N3O3S. The molecule has 0 radical (unpaired) electrons. The van der Waals surface area contributed by atoms with E-state index in [1.54, 1.807) is 0 Å². The zero-order valence-corrected chi connectivity index (χ0v) is 13.2. The Balaban J connectivity index is 2.12. The molecule has 3 N–H and O–H groups in total. The summed E-state index contributed by atoms with van der Waals surface area (Å²) in [6.07, 6.45) is 0. The summed E-state index contributed by atoms with van der Waals surface area (Å²) in [4.78, 5) is 34.8. The van der Waals surface area contributed by atoms with Crippen LogP contribution >= 0.6 is 12.8 Å². The van der Waals surface area contributed by atoms with Crippen molar-refractivity contribution in [2.24, 2.45) is 5.73 Å². The second kappa shape index (κ2) is 7.26. The topological polar surface area (TPSA) is 92.5 Å². The van der Waals surface area contributed by atoms with Gasteiger partial charge in [0.1, 0.15) is 0 Å². The monoisotopic (exact) mass is 369 g/mol. The van der Waals surface area contributed by atoms with Crippen molar-refractivity contribution in [3.63, 3.8) is 0 Å². The van der Waals surface area contributed by atoms with Crippen molar-refractivity contribution in [1.82, 2.24) is 5.32 Å². The van der Waals surface area contributed by atoms with Gasteiger partial charge >= 0.3 is 6.03 Å². The fourth-order valence-electron chi connectivity index (χ4n) is 1.79. The van der Waals surface area contributed by atoms with Gasteiger partial charge in [-0.05, 0) is 36.4 Å². The zero-order valence-electron chi connectivity index (χ0n) is 12.3. The predicted molar refractivity (Wildman–Crippen MR) is 85.6 cm³/mol. The summed E-state index contributed by atoms with van der Waals surface area (Å²) in [5.41, 5.74) is 4.88. The Bertz CT molecular complexity index is 836. The number of anilines is 1. The van der Waals surface area contributed by atoms with E-state index in [4.69, 9.17) is 5.73 Å². The van der Waals surface area contributed by atoms with Crippen molar-refractivity contribution in [2.75, 3.05) is 4.31 Å². The molecule has 0 bridgehead atoms. The SMILES string of the molecule is NC(=O)c1ccc(N(S)C(=O)NC(=O)c2cc(F)c(F)c(F)c2)cc1. The molecule has 2 rings (SSSR count). The number of benzene rings is 2. The second-order valence-electron chi connectivity index (χ2n) is 4.74. The fraction of sp³-hybridized carbons (Fsp3) is 0. The van der Waals surface area contributed by atoms with Crippen LogP contribution in [-0.4, -0.2) is 17.8 Å². The van der Waals surface area contributed by atoms with Gasteiger partial charge in [-0.1, -0.05) is 12.8 Å². The van der Waals surface area contributed by atoms with Crippen LogP contribution in [0, 0.1) is 17.5 Å². The highest BCUT2D eigenvalue weighted by molar-refractivity contribution is 7.82. The quantitative estimate of drug-likeness (QED) is 0.573. The third-order valence-corrected chi connectivity index (χ3v) is 3.47. The zero-order chi connectivity index (χ0) is 18.7. The third-order valence-electron chi connectivity index (χ3n) is 3.06. The third kappa shape index (κ3) is 4.10. The van der Waals surface area contributed by atoms with Gasteiger partial charge in [0.15, 0.2) is 17.5 Å². The lowest BCUT2D eigenvalue weighted by atomic mass is 10.2. The van der Waals surface area contributed by atoms with E-state index in [9.17, 15) is 27.6 Å². The van der Waals surface area contributed by atoms with E-state index in [0.29, 0.717) is 12.1 Å². The lowest BCUT2D eigenvalue weighted by Gasteiger charge is -2.16. The minimum atomic E-state index is -1.73. The molecule has 25 heavy (non-hydrogen) atoms. The predicted octanol–water partition coefficient (Wildman–Crippen LogP) is 2.40. The molecule has 0 atom stereocenters. The Morgan fingerprint density at radius 1 is 0.960 bits per heavy atom. The highest BCUT2D eigenvalue weighted by Gasteiger charge is 2.19. The molecule has 6 nitrogen and oxygen atoms in total. The van der Waals surface area contributed by atoms with E-state index in [-0.39, 0.29) is 11.3 Å². The molecule has 4 amide bonds. The van der Waals surface area contributed by atoms with Crippen molar-refractivity contribution >= 4 is 36.3 Å². The molecule has 0 unspecified atom stereocenters. The van der Waals surface area contributed by atoms with Crippen molar-refractivity contribution in [3.05, 3.63) is 65.0 Å². The lowest BCUT2D eigenvalue weighted by Crippen LogP contribution is -2.38. The number of halogens is 3. The van der Waals surface area contributed by atoms with Gasteiger partial charge < -0.3 is 5.73 Å². The lowest BCUT2D eigenvalue weighted by molar-refractivity contribution is 0.0963. The van der Waals surface area contributed by atoms with Crippen molar-refractivity contribution < 1.29 is 27.6 Å². The Labute approximate surface area is 145 Å². The van der Waals surface area contributed by atoms with Crippen molar-refractivity contribution in [2.45, 2.75) is 0 Å². The van der Waals surface area contributed by atoms with Crippen LogP contribution in [0.2, 0.25) is 0 Å². The van der Waals surface area contributed by atoms with Gasteiger partial charge in [-0.2, -0.15) is 0 Å². The first-order valence-electron chi connectivity index (χ1n) is 6.59. The Hall–Kier alpha value is -3.01. The van der Waals surface area contributed by atoms with E-state index in [1.807, 2.05) is 5.32 Å². The molecule has 10 heteroatoms. The molecule has 0 fully saturated rings. The van der Waals surface area contributed by atoms with Gasteiger partial charge in [0.25, 0.3) is 5.91 Å². The summed E-state index contributed by atoms with van der Waals surface area (Å²) in [5.74, 6) is -6.69. The number of thiol groups is 1. The number of nitrogens with zero attached hydrogens (tertiary/aromatic N) is 1. The summed E-state index contributed by atoms with van der Waals surface area (Å²) in [6.45, 7) is 0. The number of hydrogen-bond donors (Lipinski definition) is 3. The molecule has 0 saturated heterocycles. The first kappa shape index (κ1) is 18.3. The Morgan fingerprint density at radius 2 is 1.48 bits per heavy atom. The van der Waals surface area contributed by atoms with Crippen LogP contribution in [0.3, 0.4) is 0 Å². The molecular weight excluding hydrogens is 359 g/mol. The van der Waals surface area contributed by atoms with Gasteiger partial charge in [0, 0.05) is 11.1 Å². The number of carbonyl (C=O) groups is 3. The normalized spacial score (nSPS) is 10.2. The maximum absolute atomic E-state index is 13.1. The fourth-order valence-corrected chi connectivity index (χ4v) is 1.98. The molecule has 2 aromatic carbocycles. The van der Waals surface area contributed by atoms with E-state index < -0.39 is 40.9 Å². The second-order valence-corrected chi connectivity index (χ2v) is 5.14. The molecule has 0 aliphatic rings. The minimum Gasteiger partial charge on any atom is -0.366 e. The smallest absolute Gasteiger partial charge is 0.338 e.